The van der Waals surface area contributed by atoms with Gasteiger partial charge in [-0.3, -0.25) is 0 Å². The van der Waals surface area contributed by atoms with Gasteiger partial charge in [0.15, 0.2) is 0 Å². The molecule has 0 heterocycles. The van der Waals surface area contributed by atoms with E-state index < -0.39 is 0 Å². The summed E-state index contributed by atoms with van der Waals surface area (Å²) in [5, 5.41) is 4.05. The Hall–Kier alpha value is -0.870. The standard InChI is InChI=1S/C15H19P/c1-4-15(2,3)14-12-8-6-5-7-11(12)9-10-13(14)16/h5-10H,4,16H2,1-3H3. The molecule has 16 heavy (non-hydrogen) atoms. The molecular formula is C15H19P. The summed E-state index contributed by atoms with van der Waals surface area (Å²) >= 11 is 0. The lowest BCUT2D eigenvalue weighted by Crippen LogP contribution is -2.22. The molecule has 2 rings (SSSR count). The molecule has 0 aliphatic carbocycles. The van der Waals surface area contributed by atoms with Gasteiger partial charge in [0.05, 0.1) is 0 Å². The number of fused-ring (bicyclic) bond motifs is 1. The number of hydrogen-bond acceptors (Lipinski definition) is 0. The third-order valence-electron chi connectivity index (χ3n) is 3.52. The zero-order valence-corrected chi connectivity index (χ0v) is 11.4. The average Bonchev–Trinajstić information content (AvgIpc) is 2.28. The first kappa shape index (κ1) is 11.6. The Morgan fingerprint density at radius 2 is 1.75 bits per heavy atom. The van der Waals surface area contributed by atoms with E-state index in [0.717, 1.165) is 6.42 Å². The van der Waals surface area contributed by atoms with Crippen molar-refractivity contribution in [2.45, 2.75) is 32.6 Å². The predicted octanol–water partition coefficient (Wildman–Crippen LogP) is 4.03. The van der Waals surface area contributed by atoms with Crippen molar-refractivity contribution < 1.29 is 0 Å². The monoisotopic (exact) mass is 230 g/mol. The Morgan fingerprint density at radius 3 is 2.44 bits per heavy atom. The van der Waals surface area contributed by atoms with Crippen molar-refractivity contribution in [2.75, 3.05) is 0 Å². The fourth-order valence-corrected chi connectivity index (χ4v) is 2.86. The van der Waals surface area contributed by atoms with Gasteiger partial charge in [-0.05, 0) is 33.5 Å². The summed E-state index contributed by atoms with van der Waals surface area (Å²) in [5.41, 5.74) is 1.70. The topological polar surface area (TPSA) is 0 Å². The summed E-state index contributed by atoms with van der Waals surface area (Å²) in [6.45, 7) is 6.90. The van der Waals surface area contributed by atoms with Gasteiger partial charge in [0.2, 0.25) is 0 Å². The van der Waals surface area contributed by atoms with Crippen molar-refractivity contribution in [3.63, 3.8) is 0 Å². The highest BCUT2D eigenvalue weighted by Gasteiger charge is 2.22. The van der Waals surface area contributed by atoms with Crippen molar-refractivity contribution in [2.24, 2.45) is 0 Å². The van der Waals surface area contributed by atoms with Crippen LogP contribution in [0.2, 0.25) is 0 Å². The largest absolute Gasteiger partial charge is 0.105 e. The molecule has 0 aromatic heterocycles. The van der Waals surface area contributed by atoms with E-state index in [4.69, 9.17) is 0 Å². The number of hydrogen-bond donors (Lipinski definition) is 0. The molecule has 0 aliphatic rings. The average molecular weight is 230 g/mol. The highest BCUT2D eigenvalue weighted by molar-refractivity contribution is 7.27. The van der Waals surface area contributed by atoms with Crippen LogP contribution in [0.4, 0.5) is 0 Å². The highest BCUT2D eigenvalue weighted by atomic mass is 31.0. The van der Waals surface area contributed by atoms with Crippen LogP contribution in [-0.2, 0) is 5.41 Å². The van der Waals surface area contributed by atoms with Crippen molar-refractivity contribution >= 4 is 25.3 Å². The molecule has 0 nitrogen and oxygen atoms in total. The SMILES string of the molecule is CCC(C)(C)c1c(P)ccc2ccccc12. The molecule has 1 unspecified atom stereocenters. The van der Waals surface area contributed by atoms with E-state index in [0.29, 0.717) is 0 Å². The molecule has 0 saturated heterocycles. The van der Waals surface area contributed by atoms with Crippen LogP contribution in [-0.4, -0.2) is 0 Å². The van der Waals surface area contributed by atoms with Gasteiger partial charge in [-0.2, -0.15) is 0 Å². The molecule has 0 saturated carbocycles. The first-order valence-corrected chi connectivity index (χ1v) is 6.41. The molecule has 1 heteroatoms. The van der Waals surface area contributed by atoms with Crippen LogP contribution in [0, 0.1) is 0 Å². The quantitative estimate of drug-likeness (QED) is 0.683. The molecule has 2 aromatic carbocycles. The molecule has 0 amide bonds. The number of rotatable bonds is 2. The normalized spacial score (nSPS) is 12.0. The molecule has 0 N–H and O–H groups in total. The van der Waals surface area contributed by atoms with Gasteiger partial charge in [0, 0.05) is 0 Å². The van der Waals surface area contributed by atoms with Crippen molar-refractivity contribution in [3.8, 4) is 0 Å². The van der Waals surface area contributed by atoms with Crippen LogP contribution < -0.4 is 5.30 Å². The van der Waals surface area contributed by atoms with E-state index in [1.165, 1.54) is 21.6 Å². The summed E-state index contributed by atoms with van der Waals surface area (Å²) in [5.74, 6) is 0. The van der Waals surface area contributed by atoms with Crippen LogP contribution in [0.1, 0.15) is 32.8 Å². The third kappa shape index (κ3) is 1.87. The Labute approximate surface area is 100 Å². The van der Waals surface area contributed by atoms with Crippen LogP contribution >= 0.6 is 9.24 Å². The smallest absolute Gasteiger partial charge is 0.00939 e. The van der Waals surface area contributed by atoms with E-state index in [2.05, 4.69) is 66.4 Å². The summed E-state index contributed by atoms with van der Waals surface area (Å²) in [7, 11) is 2.88. The molecule has 0 bridgehead atoms. The van der Waals surface area contributed by atoms with E-state index in [1.54, 1.807) is 0 Å². The van der Waals surface area contributed by atoms with E-state index in [-0.39, 0.29) is 5.41 Å². The lowest BCUT2D eigenvalue weighted by molar-refractivity contribution is 0.514. The first-order valence-electron chi connectivity index (χ1n) is 5.84. The fraction of sp³-hybridized carbons (Fsp3) is 0.333. The third-order valence-corrected chi connectivity index (χ3v) is 4.00. The molecule has 0 spiro atoms. The van der Waals surface area contributed by atoms with E-state index in [9.17, 15) is 0 Å². The van der Waals surface area contributed by atoms with Crippen LogP contribution in [0.5, 0.6) is 0 Å². The second kappa shape index (κ2) is 4.18. The van der Waals surface area contributed by atoms with Crippen LogP contribution in [0.3, 0.4) is 0 Å². The van der Waals surface area contributed by atoms with Crippen LogP contribution in [0.25, 0.3) is 10.8 Å². The molecule has 84 valence electrons. The minimum atomic E-state index is 0.234. The van der Waals surface area contributed by atoms with Gasteiger partial charge >= 0.3 is 0 Å². The maximum atomic E-state index is 2.88. The van der Waals surface area contributed by atoms with Crippen molar-refractivity contribution in [3.05, 3.63) is 42.0 Å². The molecule has 0 aliphatic heterocycles. The van der Waals surface area contributed by atoms with Gasteiger partial charge < -0.3 is 0 Å². The Kier molecular flexibility index (Phi) is 3.04. The Balaban J connectivity index is 2.81. The van der Waals surface area contributed by atoms with E-state index >= 15 is 0 Å². The van der Waals surface area contributed by atoms with Gasteiger partial charge in [-0.25, -0.2) is 0 Å². The lowest BCUT2D eigenvalue weighted by Gasteiger charge is -2.27. The summed E-state index contributed by atoms with van der Waals surface area (Å²) in [6.07, 6.45) is 1.16. The second-order valence-electron chi connectivity index (χ2n) is 4.99. The van der Waals surface area contributed by atoms with Gasteiger partial charge in [0.1, 0.15) is 0 Å². The predicted molar refractivity (Wildman–Crippen MR) is 76.6 cm³/mol. The molecule has 2 aromatic rings. The van der Waals surface area contributed by atoms with Gasteiger partial charge in [-0.1, -0.05) is 57.2 Å². The van der Waals surface area contributed by atoms with Gasteiger partial charge in [-0.15, -0.1) is 9.24 Å². The molecular weight excluding hydrogens is 211 g/mol. The minimum absolute atomic E-state index is 0.234. The fourth-order valence-electron chi connectivity index (χ4n) is 2.22. The summed E-state index contributed by atoms with van der Waals surface area (Å²) in [4.78, 5) is 0. The van der Waals surface area contributed by atoms with Crippen LogP contribution in [0.15, 0.2) is 36.4 Å². The maximum absolute atomic E-state index is 2.88. The first-order chi connectivity index (χ1) is 7.56. The second-order valence-corrected chi connectivity index (χ2v) is 5.61. The molecule has 1 atom stereocenters. The number of benzene rings is 2. The molecule has 0 radical (unpaired) electrons. The molecule has 0 fully saturated rings. The Morgan fingerprint density at radius 1 is 1.06 bits per heavy atom. The lowest BCUT2D eigenvalue weighted by atomic mass is 9.79. The summed E-state index contributed by atoms with van der Waals surface area (Å²) in [6, 6.07) is 13.1. The Bertz CT molecular complexity index is 512. The van der Waals surface area contributed by atoms with Crippen molar-refractivity contribution in [1.82, 2.24) is 0 Å². The summed E-state index contributed by atoms with van der Waals surface area (Å²) < 4.78 is 0. The zero-order chi connectivity index (χ0) is 11.8. The minimum Gasteiger partial charge on any atom is -0.105 e. The van der Waals surface area contributed by atoms with Crippen molar-refractivity contribution in [1.29, 1.82) is 0 Å². The van der Waals surface area contributed by atoms with Gasteiger partial charge in [0.25, 0.3) is 0 Å². The highest BCUT2D eigenvalue weighted by Crippen LogP contribution is 2.32. The van der Waals surface area contributed by atoms with E-state index in [1.807, 2.05) is 0 Å². The zero-order valence-electron chi connectivity index (χ0n) is 10.2. The maximum Gasteiger partial charge on any atom is -0.00939 e.